The summed E-state index contributed by atoms with van der Waals surface area (Å²) in [5.74, 6) is -6.47. The molecule has 0 aliphatic heterocycles. The first-order chi connectivity index (χ1) is 17.0. The van der Waals surface area contributed by atoms with Crippen molar-refractivity contribution in [1.82, 2.24) is 24.9 Å². The first kappa shape index (κ1) is 27.2. The zero-order chi connectivity index (χ0) is 27.5. The van der Waals surface area contributed by atoms with Gasteiger partial charge in [0.2, 0.25) is 0 Å². The highest BCUT2D eigenvalue weighted by molar-refractivity contribution is 7.19. The number of ether oxygens (including phenoxy) is 1. The summed E-state index contributed by atoms with van der Waals surface area (Å²) in [7, 11) is 0.951. The van der Waals surface area contributed by atoms with E-state index < -0.39 is 47.5 Å². The number of alkyl halides is 8. The molecule has 1 saturated carbocycles. The first-order valence-electron chi connectivity index (χ1n) is 10.4. The first-order valence-corrected chi connectivity index (χ1v) is 11.6. The van der Waals surface area contributed by atoms with Crippen molar-refractivity contribution in [3.8, 4) is 22.1 Å². The Morgan fingerprint density at radius 2 is 1.86 bits per heavy atom. The topological polar surface area (TPSA) is 74.0 Å². The van der Waals surface area contributed by atoms with Crippen molar-refractivity contribution in [3.63, 3.8) is 0 Å². The molecule has 7 nitrogen and oxygen atoms in total. The Morgan fingerprint density at radius 1 is 1.22 bits per heavy atom. The van der Waals surface area contributed by atoms with Crippen LogP contribution >= 0.6 is 22.9 Å². The summed E-state index contributed by atoms with van der Waals surface area (Å²) in [5.41, 5.74) is -1.47. The molecule has 1 amide bonds. The number of nitrogens with one attached hydrogen (secondary N) is 1. The van der Waals surface area contributed by atoms with Gasteiger partial charge in [-0.2, -0.15) is 40.2 Å². The Kier molecular flexibility index (Phi) is 6.72. The van der Waals surface area contributed by atoms with Crippen LogP contribution in [0.3, 0.4) is 0 Å². The minimum atomic E-state index is -5.45. The van der Waals surface area contributed by atoms with Crippen molar-refractivity contribution < 1.29 is 44.7 Å². The van der Waals surface area contributed by atoms with Gasteiger partial charge in [-0.05, 0) is 25.8 Å². The Hall–Kier alpha value is -2.88. The number of carbonyl (C=O) groups is 1. The van der Waals surface area contributed by atoms with Gasteiger partial charge in [-0.1, -0.05) is 11.6 Å². The Balaban J connectivity index is 1.70. The molecule has 4 rings (SSSR count). The molecule has 1 N–H and O–H groups in total. The third kappa shape index (κ3) is 5.54. The molecule has 0 saturated heterocycles. The van der Waals surface area contributed by atoms with Gasteiger partial charge in [-0.25, -0.2) is 9.36 Å². The van der Waals surface area contributed by atoms with Gasteiger partial charge in [0.1, 0.15) is 4.34 Å². The van der Waals surface area contributed by atoms with Crippen LogP contribution in [0.5, 0.6) is 5.88 Å². The molecule has 1 atom stereocenters. The molecule has 0 aromatic carbocycles. The van der Waals surface area contributed by atoms with Crippen LogP contribution in [0.2, 0.25) is 4.34 Å². The van der Waals surface area contributed by atoms with Crippen LogP contribution in [0, 0.1) is 5.92 Å². The third-order valence-corrected chi connectivity index (χ3v) is 6.83. The number of halogens is 9. The largest absolute Gasteiger partial charge is 0.425 e. The van der Waals surface area contributed by atoms with E-state index in [2.05, 4.69) is 20.3 Å². The predicted octanol–water partition coefficient (Wildman–Crippen LogP) is 6.07. The van der Waals surface area contributed by atoms with Gasteiger partial charge in [0.25, 0.3) is 11.8 Å². The van der Waals surface area contributed by atoms with Crippen LogP contribution in [0.4, 0.5) is 35.1 Å². The van der Waals surface area contributed by atoms with Crippen molar-refractivity contribution >= 4 is 28.8 Å². The number of aryl methyl sites for hydroxylation is 1. The van der Waals surface area contributed by atoms with Gasteiger partial charge in [0, 0.05) is 29.7 Å². The van der Waals surface area contributed by atoms with Crippen LogP contribution < -0.4 is 10.1 Å². The molecule has 37 heavy (non-hydrogen) atoms. The average molecular weight is 578 g/mol. The van der Waals surface area contributed by atoms with Gasteiger partial charge in [0.15, 0.2) is 17.3 Å². The summed E-state index contributed by atoms with van der Waals surface area (Å²) < 4.78 is 113. The Labute approximate surface area is 211 Å². The van der Waals surface area contributed by atoms with E-state index >= 15 is 0 Å². The van der Waals surface area contributed by atoms with Gasteiger partial charge < -0.3 is 10.1 Å². The summed E-state index contributed by atoms with van der Waals surface area (Å²) in [6.45, 7) is 0.0717. The molecule has 0 spiro atoms. The molecule has 17 heteroatoms. The zero-order valence-corrected chi connectivity index (χ0v) is 20.3. The standard InChI is InChI=1S/C20H16ClF8N5O2S/c1-8(18(22,23)24)20(28,29)36-16-13(19(25,26)27)17(33(2)32-16)34-7-9(6-30-34)12-5-11(14(21)37-12)15(35)31-10-3-4-10/h5-8,10H,3-4H2,1-2H3,(H,31,35). The van der Waals surface area contributed by atoms with Crippen LogP contribution in [0.1, 0.15) is 35.7 Å². The average Bonchev–Trinajstić information content (AvgIpc) is 3.15. The molecular weight excluding hydrogens is 562 g/mol. The monoisotopic (exact) mass is 577 g/mol. The number of rotatable bonds is 7. The highest BCUT2D eigenvalue weighted by atomic mass is 35.5. The number of amides is 1. The Morgan fingerprint density at radius 3 is 2.43 bits per heavy atom. The summed E-state index contributed by atoms with van der Waals surface area (Å²) in [6, 6.07) is 1.48. The molecule has 202 valence electrons. The quantitative estimate of drug-likeness (QED) is 0.346. The molecule has 1 fully saturated rings. The van der Waals surface area contributed by atoms with E-state index in [9.17, 15) is 39.9 Å². The van der Waals surface area contributed by atoms with Gasteiger partial charge in [-0.3, -0.25) is 4.79 Å². The third-order valence-electron chi connectivity index (χ3n) is 5.42. The van der Waals surface area contributed by atoms with Crippen molar-refractivity contribution in [3.05, 3.63) is 33.9 Å². The predicted molar refractivity (Wildman–Crippen MR) is 115 cm³/mol. The minimum absolute atomic E-state index is 0.0585. The fourth-order valence-corrected chi connectivity index (χ4v) is 4.45. The van der Waals surface area contributed by atoms with Crippen LogP contribution in [0.15, 0.2) is 18.5 Å². The van der Waals surface area contributed by atoms with Crippen LogP contribution in [0.25, 0.3) is 16.3 Å². The lowest BCUT2D eigenvalue weighted by atomic mass is 10.1. The highest BCUT2D eigenvalue weighted by Gasteiger charge is 2.56. The number of nitrogens with zero attached hydrogens (tertiary/aromatic N) is 4. The number of carbonyl (C=O) groups excluding carboxylic acids is 1. The van der Waals surface area contributed by atoms with Gasteiger partial charge >= 0.3 is 18.5 Å². The summed E-state index contributed by atoms with van der Waals surface area (Å²) in [5, 5.41) is 9.83. The SMILES string of the molecule is CC(C(F)(F)F)C(F)(F)Oc1nn(C)c(-n2cc(-c3cc(C(=O)NC4CC4)c(Cl)s3)cn2)c1C(F)(F)F. The van der Waals surface area contributed by atoms with E-state index in [1.807, 2.05) is 0 Å². The van der Waals surface area contributed by atoms with E-state index in [0.29, 0.717) is 14.2 Å². The summed E-state index contributed by atoms with van der Waals surface area (Å²) in [6.07, 6.45) is -12.0. The van der Waals surface area contributed by atoms with E-state index in [1.165, 1.54) is 6.07 Å². The van der Waals surface area contributed by atoms with Gasteiger partial charge in [0.05, 0.1) is 11.8 Å². The second-order valence-electron chi connectivity index (χ2n) is 8.27. The fourth-order valence-electron chi connectivity index (χ4n) is 3.20. The normalized spacial score (nSPS) is 15.6. The van der Waals surface area contributed by atoms with Crippen molar-refractivity contribution in [2.75, 3.05) is 0 Å². The molecule has 1 aliphatic rings. The van der Waals surface area contributed by atoms with E-state index in [4.69, 9.17) is 11.6 Å². The van der Waals surface area contributed by atoms with Crippen LogP contribution in [-0.4, -0.2) is 43.8 Å². The second kappa shape index (κ2) is 9.15. The van der Waals surface area contributed by atoms with E-state index in [1.54, 1.807) is 0 Å². The molecule has 0 radical (unpaired) electrons. The molecular formula is C20H16ClF8N5O2S. The highest BCUT2D eigenvalue weighted by Crippen LogP contribution is 2.45. The lowest BCUT2D eigenvalue weighted by Crippen LogP contribution is -2.42. The van der Waals surface area contributed by atoms with Crippen LogP contribution in [-0.2, 0) is 13.2 Å². The molecule has 1 aliphatic carbocycles. The van der Waals surface area contributed by atoms with E-state index in [-0.39, 0.29) is 28.4 Å². The second-order valence-corrected chi connectivity index (χ2v) is 9.93. The molecule has 1 unspecified atom stereocenters. The molecule has 3 aromatic rings. The fraction of sp³-hybridized carbons (Fsp3) is 0.450. The van der Waals surface area contributed by atoms with Crippen molar-refractivity contribution in [1.29, 1.82) is 0 Å². The number of aromatic nitrogens is 4. The van der Waals surface area contributed by atoms with Crippen molar-refractivity contribution in [2.24, 2.45) is 13.0 Å². The summed E-state index contributed by atoms with van der Waals surface area (Å²) >= 11 is 7.11. The smallest absolute Gasteiger partial charge is 0.412 e. The molecule has 3 heterocycles. The summed E-state index contributed by atoms with van der Waals surface area (Å²) in [4.78, 5) is 12.7. The van der Waals surface area contributed by atoms with E-state index in [0.717, 1.165) is 43.6 Å². The maximum atomic E-state index is 14.1. The van der Waals surface area contributed by atoms with Crippen molar-refractivity contribution in [2.45, 2.75) is 44.3 Å². The minimum Gasteiger partial charge on any atom is -0.412 e. The lowest BCUT2D eigenvalue weighted by Gasteiger charge is -2.25. The number of hydrogen-bond acceptors (Lipinski definition) is 5. The Bertz CT molecular complexity index is 1330. The maximum Gasteiger partial charge on any atom is 0.425 e. The number of hydrogen-bond donors (Lipinski definition) is 1. The molecule has 3 aromatic heterocycles. The zero-order valence-electron chi connectivity index (χ0n) is 18.7. The van der Waals surface area contributed by atoms with Gasteiger partial charge in [-0.15, -0.1) is 16.4 Å². The maximum absolute atomic E-state index is 14.1. The number of thiophene rings is 1. The molecule has 0 bridgehead atoms. The lowest BCUT2D eigenvalue weighted by molar-refractivity contribution is -0.300.